The molecule has 3 aliphatic rings. The summed E-state index contributed by atoms with van der Waals surface area (Å²) in [6, 6.07) is -1.00. The van der Waals surface area contributed by atoms with Crippen LogP contribution in [0.15, 0.2) is 109 Å². The molecule has 109 heavy (non-hydrogen) atoms. The first-order valence-corrected chi connectivity index (χ1v) is 43.6. The Morgan fingerprint density at radius 2 is 0.642 bits per heavy atom. The van der Waals surface area contributed by atoms with Crippen LogP contribution < -0.4 is 5.32 Å². The monoisotopic (exact) mass is 1540 g/mol. The van der Waals surface area contributed by atoms with Gasteiger partial charge in [-0.05, 0) is 96.3 Å². The summed E-state index contributed by atoms with van der Waals surface area (Å²) in [7, 11) is 0. The van der Waals surface area contributed by atoms with Crippen molar-refractivity contribution in [3.05, 3.63) is 109 Å². The first-order valence-electron chi connectivity index (χ1n) is 43.6. The summed E-state index contributed by atoms with van der Waals surface area (Å²) in [5.74, 6) is -0.288. The fourth-order valence-corrected chi connectivity index (χ4v) is 14.1. The topological polar surface area (TPSA) is 307 Å². The van der Waals surface area contributed by atoms with Crippen LogP contribution >= 0.6 is 0 Å². The van der Waals surface area contributed by atoms with Gasteiger partial charge >= 0.3 is 0 Å². The van der Waals surface area contributed by atoms with Crippen molar-refractivity contribution in [2.45, 2.75) is 426 Å². The van der Waals surface area contributed by atoms with Crippen molar-refractivity contribution >= 4 is 5.91 Å². The molecule has 12 N–H and O–H groups in total. The van der Waals surface area contributed by atoms with E-state index in [1.54, 1.807) is 6.08 Å². The number of nitrogens with one attached hydrogen (secondary N) is 1. The van der Waals surface area contributed by atoms with Gasteiger partial charge in [-0.15, -0.1) is 0 Å². The molecule has 0 aliphatic carbocycles. The van der Waals surface area contributed by atoms with Crippen molar-refractivity contribution in [1.82, 2.24) is 5.32 Å². The van der Waals surface area contributed by atoms with Gasteiger partial charge in [0.25, 0.3) is 0 Å². The van der Waals surface area contributed by atoms with Crippen LogP contribution in [0, 0.1) is 0 Å². The zero-order valence-corrected chi connectivity index (χ0v) is 67.8. The van der Waals surface area contributed by atoms with Crippen LogP contribution in [0.3, 0.4) is 0 Å². The average molecular weight is 1540 g/mol. The Hall–Kier alpha value is -3.55. The number of rotatable bonds is 69. The minimum atomic E-state index is -1.99. The molecule has 3 heterocycles. The minimum Gasteiger partial charge on any atom is -0.394 e. The zero-order chi connectivity index (χ0) is 78.8. The van der Waals surface area contributed by atoms with Crippen LogP contribution in [0.1, 0.15) is 322 Å². The largest absolute Gasteiger partial charge is 0.394 e. The van der Waals surface area contributed by atoms with E-state index in [-0.39, 0.29) is 18.9 Å². The SMILES string of the molecule is CC/C=C\C/C=C\C/C=C\C/C=C\C/C=C\C/C=C\CCCCCCCCCCCCCCCCCCCCC(=O)NC(COC1OC(CO)C(OC2OC(CO)C(OC3OC(CO)C(O)C(O)C3O)C(O)C2O)C(O)C1O)C(O)/C=C/CC/C=C/CC/C=C/CCCCCCCCCCCCCCCCCCC. The van der Waals surface area contributed by atoms with Crippen LogP contribution in [0.2, 0.25) is 0 Å². The fraction of sp³-hybridized carbons (Fsp3) is 0.789. The molecule has 3 fully saturated rings. The molecule has 19 heteroatoms. The number of aliphatic hydroxyl groups excluding tert-OH is 11. The second-order valence-corrected chi connectivity index (χ2v) is 30.6. The molecule has 630 valence electrons. The summed E-state index contributed by atoms with van der Waals surface area (Å²) in [5.41, 5.74) is 0. The van der Waals surface area contributed by atoms with Gasteiger partial charge in [-0.25, -0.2) is 0 Å². The van der Waals surface area contributed by atoms with Crippen molar-refractivity contribution < 1.29 is 89.4 Å². The van der Waals surface area contributed by atoms with E-state index in [0.29, 0.717) is 12.8 Å². The molecular weight excluding hydrogens is 1380 g/mol. The second kappa shape index (κ2) is 68.8. The van der Waals surface area contributed by atoms with Gasteiger partial charge < -0.3 is 89.9 Å². The van der Waals surface area contributed by atoms with Crippen molar-refractivity contribution in [1.29, 1.82) is 0 Å². The molecule has 0 radical (unpaired) electrons. The summed E-state index contributed by atoms with van der Waals surface area (Å²) in [6.07, 6.45) is 69.5. The number of amides is 1. The highest BCUT2D eigenvalue weighted by Gasteiger charge is 2.54. The Balaban J connectivity index is 1.35. The van der Waals surface area contributed by atoms with Crippen molar-refractivity contribution in [3.63, 3.8) is 0 Å². The molecule has 3 rings (SSSR count). The molecule has 0 saturated carbocycles. The van der Waals surface area contributed by atoms with E-state index in [4.69, 9.17) is 28.4 Å². The summed E-state index contributed by atoms with van der Waals surface area (Å²) >= 11 is 0. The lowest BCUT2D eigenvalue weighted by molar-refractivity contribution is -0.379. The standard InChI is InChI=1S/C90H157NO18/c1-3-5-7-9-11-13-15-17-19-21-23-25-27-29-31-32-33-34-35-36-37-38-39-40-42-44-46-48-50-52-54-56-58-60-62-64-66-68-78(96)91-73(74(95)67-65-63-61-59-57-55-53-51-49-47-45-43-41-30-28-26-24-22-20-18-16-14-12-10-8-6-4-2)72-104-88-84(102)81(99)86(76(70-93)106-88)109-90-85(103)82(100)87(77(71-94)107-90)108-89-83(101)80(98)79(97)75(69-92)105-89/h5,7,11,13,17,19,23,25,29,31,33-34,49,51,57,59,65,67,73-77,79-90,92-95,97-103H,3-4,6,8-10,12,14-16,18,20-22,24,26-28,30,32,35-48,50,52-56,58,60-64,66,68-72H2,1-2H3,(H,91,96)/b7-5-,13-11-,19-17-,25-23-,31-29-,34-33-,51-49+,59-57+,67-65+. The van der Waals surface area contributed by atoms with E-state index in [2.05, 4.69) is 116 Å². The van der Waals surface area contributed by atoms with Crippen LogP contribution in [-0.4, -0.2) is 193 Å². The summed E-state index contributed by atoms with van der Waals surface area (Å²) in [5, 5.41) is 121. The lowest BCUT2D eigenvalue weighted by atomic mass is 9.96. The smallest absolute Gasteiger partial charge is 0.220 e. The Morgan fingerprint density at radius 3 is 1.03 bits per heavy atom. The lowest BCUT2D eigenvalue weighted by Crippen LogP contribution is -2.66. The number of carbonyl (C=O) groups is 1. The number of allylic oxidation sites excluding steroid dienone is 17. The van der Waals surface area contributed by atoms with Gasteiger partial charge in [-0.1, -0.05) is 329 Å². The molecule has 0 aromatic carbocycles. The second-order valence-electron chi connectivity index (χ2n) is 30.6. The maximum absolute atomic E-state index is 13.5. The van der Waals surface area contributed by atoms with E-state index in [0.717, 1.165) is 83.5 Å². The number of aliphatic hydroxyl groups is 11. The van der Waals surface area contributed by atoms with E-state index in [1.807, 2.05) is 6.08 Å². The fourth-order valence-electron chi connectivity index (χ4n) is 14.1. The van der Waals surface area contributed by atoms with E-state index >= 15 is 0 Å². The number of unbranched alkanes of at least 4 members (excludes halogenated alkanes) is 37. The van der Waals surface area contributed by atoms with Crippen molar-refractivity contribution in [2.24, 2.45) is 0 Å². The quantitative estimate of drug-likeness (QED) is 0.0199. The highest BCUT2D eigenvalue weighted by atomic mass is 16.8. The number of ether oxygens (including phenoxy) is 6. The molecule has 0 aromatic heterocycles. The number of carbonyl (C=O) groups excluding carboxylic acids is 1. The maximum Gasteiger partial charge on any atom is 0.220 e. The van der Waals surface area contributed by atoms with Gasteiger partial charge in [-0.2, -0.15) is 0 Å². The van der Waals surface area contributed by atoms with Gasteiger partial charge in [0, 0.05) is 6.42 Å². The Labute approximate surface area is 659 Å². The van der Waals surface area contributed by atoms with Gasteiger partial charge in [-0.3, -0.25) is 4.79 Å². The number of hydrogen-bond donors (Lipinski definition) is 12. The third-order valence-electron chi connectivity index (χ3n) is 21.0. The molecule has 17 atom stereocenters. The highest BCUT2D eigenvalue weighted by molar-refractivity contribution is 5.76. The third-order valence-corrected chi connectivity index (χ3v) is 21.0. The van der Waals surface area contributed by atoms with E-state index < -0.39 is 124 Å². The highest BCUT2D eigenvalue weighted by Crippen LogP contribution is 2.33. The van der Waals surface area contributed by atoms with Crippen LogP contribution in [-0.2, 0) is 33.2 Å². The molecule has 0 bridgehead atoms. The van der Waals surface area contributed by atoms with Crippen molar-refractivity contribution in [3.8, 4) is 0 Å². The first-order chi connectivity index (χ1) is 53.3. The summed E-state index contributed by atoms with van der Waals surface area (Å²) in [4.78, 5) is 13.5. The predicted molar refractivity (Wildman–Crippen MR) is 438 cm³/mol. The van der Waals surface area contributed by atoms with E-state index in [1.165, 1.54) is 205 Å². The molecule has 17 unspecified atom stereocenters. The first kappa shape index (κ1) is 99.6. The van der Waals surface area contributed by atoms with Crippen LogP contribution in [0.4, 0.5) is 0 Å². The van der Waals surface area contributed by atoms with E-state index in [9.17, 15) is 61.0 Å². The predicted octanol–water partition coefficient (Wildman–Crippen LogP) is 16.1. The molecule has 3 saturated heterocycles. The number of hydrogen-bond acceptors (Lipinski definition) is 18. The van der Waals surface area contributed by atoms with Gasteiger partial charge in [0.2, 0.25) is 5.91 Å². The van der Waals surface area contributed by atoms with Crippen LogP contribution in [0.25, 0.3) is 0 Å². The molecule has 0 aromatic rings. The molecule has 1 amide bonds. The molecular formula is C90H157NO18. The lowest BCUT2D eigenvalue weighted by Gasteiger charge is -2.48. The maximum atomic E-state index is 13.5. The Bertz CT molecular complexity index is 2390. The molecule has 3 aliphatic heterocycles. The molecule has 19 nitrogen and oxygen atoms in total. The summed E-state index contributed by atoms with van der Waals surface area (Å²) in [6.45, 7) is 1.63. The van der Waals surface area contributed by atoms with Crippen LogP contribution in [0.5, 0.6) is 0 Å². The Kier molecular flexibility index (Phi) is 62.9. The zero-order valence-electron chi connectivity index (χ0n) is 67.8. The average Bonchev–Trinajstić information content (AvgIpc) is 0.760. The molecule has 0 spiro atoms. The van der Waals surface area contributed by atoms with Gasteiger partial charge in [0.15, 0.2) is 18.9 Å². The normalized spacial score (nSPS) is 25.8. The van der Waals surface area contributed by atoms with Gasteiger partial charge in [0.05, 0.1) is 38.6 Å². The minimum absolute atomic E-state index is 0.229. The third kappa shape index (κ3) is 47.8. The summed E-state index contributed by atoms with van der Waals surface area (Å²) < 4.78 is 34.5. The van der Waals surface area contributed by atoms with Crippen molar-refractivity contribution in [2.75, 3.05) is 26.4 Å². The Morgan fingerprint density at radius 1 is 0.339 bits per heavy atom. The van der Waals surface area contributed by atoms with Gasteiger partial charge in [0.1, 0.15) is 73.2 Å².